The number of hydrogen-bond donors (Lipinski definition) is 1. The molecule has 1 saturated carbocycles. The summed E-state index contributed by atoms with van der Waals surface area (Å²) in [6.07, 6.45) is 9.12. The van der Waals surface area contributed by atoms with E-state index < -0.39 is 0 Å². The first-order valence-electron chi connectivity index (χ1n) is 6.55. The second-order valence-corrected chi connectivity index (χ2v) is 5.26. The first-order valence-corrected chi connectivity index (χ1v) is 6.55. The summed E-state index contributed by atoms with van der Waals surface area (Å²) in [5.41, 5.74) is 0. The molecular weight excluding hydrogens is 186 g/mol. The molecule has 0 spiro atoms. The molecule has 1 rings (SSSR count). The van der Waals surface area contributed by atoms with E-state index in [2.05, 4.69) is 11.9 Å². The van der Waals surface area contributed by atoms with E-state index in [4.69, 9.17) is 5.11 Å². The normalized spacial score (nSPS) is 20.8. The predicted molar refractivity (Wildman–Crippen MR) is 65.0 cm³/mol. The van der Waals surface area contributed by atoms with E-state index in [0.29, 0.717) is 0 Å². The Kier molecular flexibility index (Phi) is 6.26. The van der Waals surface area contributed by atoms with Crippen LogP contribution in [0.25, 0.3) is 0 Å². The van der Waals surface area contributed by atoms with Gasteiger partial charge in [0.05, 0.1) is 6.10 Å². The van der Waals surface area contributed by atoms with Gasteiger partial charge in [-0.25, -0.2) is 0 Å². The molecule has 1 unspecified atom stereocenters. The van der Waals surface area contributed by atoms with Gasteiger partial charge in [-0.3, -0.25) is 0 Å². The lowest BCUT2D eigenvalue weighted by atomic mass is 9.89. The Hall–Kier alpha value is -0.0800. The van der Waals surface area contributed by atoms with Gasteiger partial charge in [-0.2, -0.15) is 0 Å². The van der Waals surface area contributed by atoms with Gasteiger partial charge in [0.25, 0.3) is 0 Å². The molecule has 0 aromatic carbocycles. The van der Waals surface area contributed by atoms with Crippen LogP contribution in [-0.2, 0) is 0 Å². The van der Waals surface area contributed by atoms with Crippen LogP contribution >= 0.6 is 0 Å². The third-order valence-electron chi connectivity index (χ3n) is 3.46. The van der Waals surface area contributed by atoms with Gasteiger partial charge < -0.3 is 10.0 Å². The van der Waals surface area contributed by atoms with Crippen LogP contribution in [0.4, 0.5) is 0 Å². The van der Waals surface area contributed by atoms with Crippen LogP contribution in [0.3, 0.4) is 0 Å². The van der Waals surface area contributed by atoms with Gasteiger partial charge in [0.2, 0.25) is 0 Å². The van der Waals surface area contributed by atoms with Crippen molar-refractivity contribution in [3.63, 3.8) is 0 Å². The quantitative estimate of drug-likeness (QED) is 0.733. The highest BCUT2D eigenvalue weighted by Gasteiger charge is 2.14. The summed E-state index contributed by atoms with van der Waals surface area (Å²) >= 11 is 0. The molecule has 0 aromatic heterocycles. The second-order valence-electron chi connectivity index (χ2n) is 5.26. The van der Waals surface area contributed by atoms with Gasteiger partial charge in [0.1, 0.15) is 0 Å². The summed E-state index contributed by atoms with van der Waals surface area (Å²) in [5, 5.41) is 9.17. The molecule has 2 heteroatoms. The number of rotatable bonds is 6. The van der Waals surface area contributed by atoms with Crippen molar-refractivity contribution in [3.05, 3.63) is 0 Å². The van der Waals surface area contributed by atoms with E-state index >= 15 is 0 Å². The minimum Gasteiger partial charge on any atom is -0.393 e. The number of hydrogen-bond acceptors (Lipinski definition) is 2. The molecule has 0 aromatic rings. The highest BCUT2D eigenvalue weighted by Crippen LogP contribution is 2.24. The van der Waals surface area contributed by atoms with Crippen LogP contribution in [0.2, 0.25) is 0 Å². The van der Waals surface area contributed by atoms with Crippen LogP contribution in [0, 0.1) is 5.92 Å². The first kappa shape index (κ1) is 13.0. The number of nitrogens with zero attached hydrogens (tertiary/aromatic N) is 1. The van der Waals surface area contributed by atoms with Crippen LogP contribution in [0.1, 0.15) is 51.9 Å². The van der Waals surface area contributed by atoms with E-state index in [1.807, 2.05) is 6.92 Å². The number of aliphatic hydroxyl groups is 1. The zero-order valence-corrected chi connectivity index (χ0v) is 10.4. The van der Waals surface area contributed by atoms with E-state index in [0.717, 1.165) is 25.3 Å². The Morgan fingerprint density at radius 3 is 2.53 bits per heavy atom. The van der Waals surface area contributed by atoms with Crippen molar-refractivity contribution in [2.75, 3.05) is 20.1 Å². The molecule has 0 radical (unpaired) electrons. The van der Waals surface area contributed by atoms with E-state index in [-0.39, 0.29) is 6.10 Å². The number of aliphatic hydroxyl groups excluding tert-OH is 1. The van der Waals surface area contributed by atoms with Crippen molar-refractivity contribution in [1.29, 1.82) is 0 Å². The zero-order chi connectivity index (χ0) is 11.1. The van der Waals surface area contributed by atoms with Crippen molar-refractivity contribution in [2.24, 2.45) is 5.92 Å². The summed E-state index contributed by atoms with van der Waals surface area (Å²) in [5.74, 6) is 0.940. The van der Waals surface area contributed by atoms with Gasteiger partial charge in [0, 0.05) is 6.54 Å². The molecule has 1 N–H and O–H groups in total. The maximum Gasteiger partial charge on any atom is 0.0512 e. The summed E-state index contributed by atoms with van der Waals surface area (Å²) in [7, 11) is 2.22. The third kappa shape index (κ3) is 6.16. The second kappa shape index (κ2) is 7.24. The molecule has 2 nitrogen and oxygen atoms in total. The van der Waals surface area contributed by atoms with Crippen molar-refractivity contribution >= 4 is 0 Å². The maximum absolute atomic E-state index is 9.17. The van der Waals surface area contributed by atoms with Gasteiger partial charge in [0.15, 0.2) is 0 Å². The van der Waals surface area contributed by atoms with E-state index in [1.54, 1.807) is 0 Å². The average molecular weight is 213 g/mol. The van der Waals surface area contributed by atoms with Gasteiger partial charge in [-0.15, -0.1) is 0 Å². The molecule has 1 fully saturated rings. The van der Waals surface area contributed by atoms with Crippen molar-refractivity contribution in [2.45, 2.75) is 58.0 Å². The fourth-order valence-corrected chi connectivity index (χ4v) is 2.56. The highest BCUT2D eigenvalue weighted by molar-refractivity contribution is 4.69. The molecule has 0 aliphatic heterocycles. The van der Waals surface area contributed by atoms with Gasteiger partial charge in [-0.1, -0.05) is 19.3 Å². The van der Waals surface area contributed by atoms with Crippen molar-refractivity contribution in [3.8, 4) is 0 Å². The van der Waals surface area contributed by atoms with Crippen LogP contribution < -0.4 is 0 Å². The molecule has 15 heavy (non-hydrogen) atoms. The molecule has 90 valence electrons. The lowest BCUT2D eigenvalue weighted by Gasteiger charge is -2.27. The maximum atomic E-state index is 9.17. The van der Waals surface area contributed by atoms with Gasteiger partial charge in [-0.05, 0) is 52.1 Å². The predicted octanol–water partition coefficient (Wildman–Crippen LogP) is 2.66. The smallest absolute Gasteiger partial charge is 0.0512 e. The van der Waals surface area contributed by atoms with Crippen LogP contribution in [-0.4, -0.2) is 36.2 Å². The molecule has 1 aliphatic carbocycles. The van der Waals surface area contributed by atoms with Crippen molar-refractivity contribution in [1.82, 2.24) is 4.90 Å². The monoisotopic (exact) mass is 213 g/mol. The Bertz CT molecular complexity index is 153. The van der Waals surface area contributed by atoms with E-state index in [1.165, 1.54) is 38.6 Å². The van der Waals surface area contributed by atoms with Crippen molar-refractivity contribution < 1.29 is 5.11 Å². The molecule has 0 saturated heterocycles. The average Bonchev–Trinajstić information content (AvgIpc) is 2.18. The van der Waals surface area contributed by atoms with E-state index in [9.17, 15) is 0 Å². The standard InChI is InChI=1S/C13H27NO/c1-12(15)7-6-10-14(2)11-13-8-4-3-5-9-13/h12-13,15H,3-11H2,1-2H3. The lowest BCUT2D eigenvalue weighted by molar-refractivity contribution is 0.169. The molecule has 1 aliphatic rings. The first-order chi connectivity index (χ1) is 7.18. The molecular formula is C13H27NO. The van der Waals surface area contributed by atoms with Crippen LogP contribution in [0.5, 0.6) is 0 Å². The Morgan fingerprint density at radius 1 is 1.27 bits per heavy atom. The topological polar surface area (TPSA) is 23.5 Å². The summed E-state index contributed by atoms with van der Waals surface area (Å²) in [6, 6.07) is 0. The molecule has 0 amide bonds. The zero-order valence-electron chi connectivity index (χ0n) is 10.4. The SMILES string of the molecule is CC(O)CCCN(C)CC1CCCCC1. The summed E-state index contributed by atoms with van der Waals surface area (Å²) in [4.78, 5) is 2.44. The molecule has 0 heterocycles. The largest absolute Gasteiger partial charge is 0.393 e. The van der Waals surface area contributed by atoms with Gasteiger partial charge >= 0.3 is 0 Å². The molecule has 0 bridgehead atoms. The fraction of sp³-hybridized carbons (Fsp3) is 1.00. The molecule has 1 atom stereocenters. The Morgan fingerprint density at radius 2 is 1.93 bits per heavy atom. The minimum absolute atomic E-state index is 0.131. The lowest BCUT2D eigenvalue weighted by Crippen LogP contribution is -2.28. The fourth-order valence-electron chi connectivity index (χ4n) is 2.56. The minimum atomic E-state index is -0.131. The Balaban J connectivity index is 2.03. The van der Waals surface area contributed by atoms with Crippen LogP contribution in [0.15, 0.2) is 0 Å². The summed E-state index contributed by atoms with van der Waals surface area (Å²) < 4.78 is 0. The summed E-state index contributed by atoms with van der Waals surface area (Å²) in [6.45, 7) is 4.28. The highest BCUT2D eigenvalue weighted by atomic mass is 16.3. The third-order valence-corrected chi connectivity index (χ3v) is 3.46. The Labute approximate surface area is 94.7 Å².